The van der Waals surface area contributed by atoms with Crippen LogP contribution in [-0.2, 0) is 9.84 Å². The molecule has 0 aromatic carbocycles. The van der Waals surface area contributed by atoms with Gasteiger partial charge in [-0.05, 0) is 31.4 Å². The van der Waals surface area contributed by atoms with E-state index in [0.717, 1.165) is 32.3 Å². The number of sulfone groups is 1. The average Bonchev–Trinajstić information content (AvgIpc) is 3.09. The molecule has 1 unspecified atom stereocenters. The van der Waals surface area contributed by atoms with Crippen molar-refractivity contribution in [2.24, 2.45) is 5.92 Å². The van der Waals surface area contributed by atoms with Gasteiger partial charge in [-0.1, -0.05) is 0 Å². The molecule has 0 radical (unpaired) electrons. The van der Waals surface area contributed by atoms with Crippen LogP contribution in [0.25, 0.3) is 11.0 Å². The number of aromatic nitrogens is 1. The van der Waals surface area contributed by atoms with Crippen molar-refractivity contribution in [1.29, 1.82) is 0 Å². The molecular weight excluding hydrogens is 330 g/mol. The molecule has 1 N–H and O–H groups in total. The maximum Gasteiger partial charge on any atom is 0.270 e. The van der Waals surface area contributed by atoms with Crippen LogP contribution in [0.3, 0.4) is 0 Å². The summed E-state index contributed by atoms with van der Waals surface area (Å²) in [5.74, 6) is 0.442. The van der Waals surface area contributed by atoms with Crippen molar-refractivity contribution in [1.82, 2.24) is 15.2 Å². The Kier molecular flexibility index (Phi) is 3.61. The fourth-order valence-corrected chi connectivity index (χ4v) is 4.23. The fraction of sp³-hybridized carbons (Fsp3) is 0.500. The van der Waals surface area contributed by atoms with E-state index in [0.29, 0.717) is 16.9 Å². The Morgan fingerprint density at radius 2 is 2.21 bits per heavy atom. The summed E-state index contributed by atoms with van der Waals surface area (Å²) in [4.78, 5) is 18.9. The Bertz CT molecular complexity index is 893. The topological polar surface area (TPSA) is 92.5 Å². The highest BCUT2D eigenvalue weighted by atomic mass is 32.2. The van der Waals surface area contributed by atoms with Crippen LogP contribution in [0.1, 0.15) is 23.3 Å². The van der Waals surface area contributed by atoms with E-state index in [4.69, 9.17) is 4.42 Å². The zero-order valence-electron chi connectivity index (χ0n) is 13.4. The lowest BCUT2D eigenvalue weighted by molar-refractivity contribution is 0.0904. The normalized spacial score (nSPS) is 26.6. The van der Waals surface area contributed by atoms with Gasteiger partial charge < -0.3 is 14.6 Å². The number of rotatable bonds is 3. The van der Waals surface area contributed by atoms with E-state index >= 15 is 0 Å². The molecule has 128 valence electrons. The largest absolute Gasteiger partial charge is 0.443 e. The Balaban J connectivity index is 1.54. The fourth-order valence-electron chi connectivity index (χ4n) is 3.65. The van der Waals surface area contributed by atoms with E-state index in [1.807, 2.05) is 0 Å². The number of hydrogen-bond donors (Lipinski definition) is 1. The third-order valence-electron chi connectivity index (χ3n) is 4.78. The van der Waals surface area contributed by atoms with Crippen molar-refractivity contribution in [3.8, 4) is 0 Å². The summed E-state index contributed by atoms with van der Waals surface area (Å²) in [5, 5.41) is 3.49. The van der Waals surface area contributed by atoms with E-state index in [9.17, 15) is 13.2 Å². The molecule has 2 saturated heterocycles. The second-order valence-corrected chi connectivity index (χ2v) is 8.71. The lowest BCUT2D eigenvalue weighted by Crippen LogP contribution is -2.47. The third-order valence-corrected chi connectivity index (χ3v) is 5.71. The van der Waals surface area contributed by atoms with Crippen molar-refractivity contribution in [2.75, 3.05) is 25.9 Å². The van der Waals surface area contributed by atoms with Gasteiger partial charge in [0, 0.05) is 36.8 Å². The summed E-state index contributed by atoms with van der Waals surface area (Å²) in [5.41, 5.74) is 0.630. The molecule has 2 aliphatic heterocycles. The molecule has 2 aromatic rings. The molecule has 2 bridgehead atoms. The number of carbonyl (C=O) groups is 1. The molecule has 0 spiro atoms. The van der Waals surface area contributed by atoms with Gasteiger partial charge in [-0.15, -0.1) is 0 Å². The molecule has 2 aromatic heterocycles. The maximum atomic E-state index is 12.5. The van der Waals surface area contributed by atoms with Crippen LogP contribution < -0.4 is 5.32 Å². The second-order valence-electron chi connectivity index (χ2n) is 6.77. The number of carbonyl (C=O) groups excluding carboxylic acids is 1. The van der Waals surface area contributed by atoms with E-state index in [2.05, 4.69) is 15.2 Å². The number of nitrogens with one attached hydrogen (secondary N) is 1. The Labute approximate surface area is 139 Å². The smallest absolute Gasteiger partial charge is 0.270 e. The zero-order chi connectivity index (χ0) is 16.9. The molecule has 4 rings (SSSR count). The maximum absolute atomic E-state index is 12.5. The van der Waals surface area contributed by atoms with Gasteiger partial charge >= 0.3 is 0 Å². The Hall–Kier alpha value is -1.93. The molecular formula is C16H19N3O4S. The second kappa shape index (κ2) is 5.56. The molecule has 7 nitrogen and oxygen atoms in total. The predicted molar refractivity (Wildman–Crippen MR) is 87.5 cm³/mol. The standard InChI is InChI=1S/C16H19N3O4S/c1-24(21,22)15-6-11-5-13(17-7-14(11)23-15)16(20)18-12-4-10-2-3-19(8-10)9-12/h5-7,10,12H,2-4,8-9H2,1H3,(H,18,20)/t10-,12-/m1/s1. The number of piperidine rings is 1. The Morgan fingerprint density at radius 1 is 1.38 bits per heavy atom. The van der Waals surface area contributed by atoms with Gasteiger partial charge in [-0.2, -0.15) is 0 Å². The van der Waals surface area contributed by atoms with Gasteiger partial charge in [0.25, 0.3) is 5.91 Å². The molecule has 0 aliphatic carbocycles. The highest BCUT2D eigenvalue weighted by Gasteiger charge is 2.33. The van der Waals surface area contributed by atoms with Gasteiger partial charge in [0.05, 0.1) is 6.20 Å². The first-order valence-corrected chi connectivity index (χ1v) is 9.90. The first kappa shape index (κ1) is 15.6. The summed E-state index contributed by atoms with van der Waals surface area (Å²) < 4.78 is 28.4. The molecule has 2 aliphatic rings. The van der Waals surface area contributed by atoms with E-state index in [-0.39, 0.29) is 22.7 Å². The number of furan rings is 1. The minimum absolute atomic E-state index is 0.117. The molecule has 0 saturated carbocycles. The minimum atomic E-state index is -3.43. The van der Waals surface area contributed by atoms with Crippen LogP contribution in [0.4, 0.5) is 0 Å². The summed E-state index contributed by atoms with van der Waals surface area (Å²) in [6.45, 7) is 3.14. The van der Waals surface area contributed by atoms with Crippen LogP contribution in [0.5, 0.6) is 0 Å². The molecule has 2 fully saturated rings. The molecule has 3 atom stereocenters. The van der Waals surface area contributed by atoms with Gasteiger partial charge in [0.15, 0.2) is 5.58 Å². The van der Waals surface area contributed by atoms with Crippen molar-refractivity contribution in [3.63, 3.8) is 0 Å². The van der Waals surface area contributed by atoms with Gasteiger partial charge in [-0.25, -0.2) is 13.4 Å². The average molecular weight is 349 g/mol. The van der Waals surface area contributed by atoms with Crippen molar-refractivity contribution in [2.45, 2.75) is 24.0 Å². The SMILES string of the molecule is CS(=O)(=O)c1cc2cc(C(=O)N[C@@H]3C[C@H]4CCN(C4)C3)ncc2o1. The summed E-state index contributed by atoms with van der Waals surface area (Å²) in [6.07, 6.45) is 4.69. The zero-order valence-corrected chi connectivity index (χ0v) is 14.2. The van der Waals surface area contributed by atoms with Crippen LogP contribution in [0.15, 0.2) is 27.8 Å². The number of fused-ring (bicyclic) bond motifs is 3. The number of amides is 1. The molecule has 4 heterocycles. The number of pyridine rings is 1. The van der Waals surface area contributed by atoms with Gasteiger partial charge in [0.1, 0.15) is 5.69 Å². The lowest BCUT2D eigenvalue weighted by Gasteiger charge is -2.30. The predicted octanol–water partition coefficient (Wildman–Crippen LogP) is 1.06. The van der Waals surface area contributed by atoms with Crippen LogP contribution in [0.2, 0.25) is 0 Å². The van der Waals surface area contributed by atoms with E-state index in [1.54, 1.807) is 6.07 Å². The van der Waals surface area contributed by atoms with Gasteiger partial charge in [-0.3, -0.25) is 4.79 Å². The highest BCUT2D eigenvalue weighted by molar-refractivity contribution is 7.90. The first-order chi connectivity index (χ1) is 11.4. The van der Waals surface area contributed by atoms with Gasteiger partial charge in [0.2, 0.25) is 14.9 Å². The lowest BCUT2D eigenvalue weighted by atomic mass is 9.97. The summed E-state index contributed by atoms with van der Waals surface area (Å²) >= 11 is 0. The molecule has 24 heavy (non-hydrogen) atoms. The van der Waals surface area contributed by atoms with Crippen LogP contribution in [0, 0.1) is 5.92 Å². The Morgan fingerprint density at radius 3 is 2.96 bits per heavy atom. The van der Waals surface area contributed by atoms with Crippen molar-refractivity contribution >= 4 is 26.7 Å². The van der Waals surface area contributed by atoms with Crippen molar-refractivity contribution in [3.05, 3.63) is 24.0 Å². The monoisotopic (exact) mass is 349 g/mol. The minimum Gasteiger partial charge on any atom is -0.443 e. The quantitative estimate of drug-likeness (QED) is 0.891. The molecule has 1 amide bonds. The number of nitrogens with zero attached hydrogens (tertiary/aromatic N) is 2. The highest BCUT2D eigenvalue weighted by Crippen LogP contribution is 2.27. The molecule has 8 heteroatoms. The first-order valence-electron chi connectivity index (χ1n) is 8.01. The van der Waals surface area contributed by atoms with Crippen molar-refractivity contribution < 1.29 is 17.6 Å². The van der Waals surface area contributed by atoms with E-state index in [1.165, 1.54) is 18.7 Å². The third kappa shape index (κ3) is 2.91. The van der Waals surface area contributed by atoms with Crippen LogP contribution in [-0.4, -0.2) is 56.1 Å². The summed E-state index contributed by atoms with van der Waals surface area (Å²) in [6, 6.07) is 3.14. The number of hydrogen-bond acceptors (Lipinski definition) is 6. The van der Waals surface area contributed by atoms with Crippen LogP contribution >= 0.6 is 0 Å². The summed E-state index contributed by atoms with van der Waals surface area (Å²) in [7, 11) is -3.43. The van der Waals surface area contributed by atoms with E-state index < -0.39 is 9.84 Å².